The molecule has 0 saturated carbocycles. The molecule has 1 N–H and O–H groups in total. The minimum atomic E-state index is -3.08. The van der Waals surface area contributed by atoms with Crippen molar-refractivity contribution in [1.82, 2.24) is 19.6 Å². The number of rotatable bonds is 7. The molecule has 30 heavy (non-hydrogen) atoms. The molecule has 0 aliphatic heterocycles. The minimum Gasteiger partial charge on any atom is -0.307 e. The van der Waals surface area contributed by atoms with Gasteiger partial charge >= 0.3 is 0 Å². The zero-order chi connectivity index (χ0) is 22.0. The van der Waals surface area contributed by atoms with Crippen LogP contribution in [-0.4, -0.2) is 25.5 Å². The van der Waals surface area contributed by atoms with Crippen LogP contribution in [0.2, 0.25) is 5.02 Å². The molecule has 160 valence electrons. The smallest absolute Gasteiger partial charge is 0.282 e. The summed E-state index contributed by atoms with van der Waals surface area (Å²) < 4.78 is 67.0. The molecule has 0 bridgehead atoms. The predicted octanol–water partition coefficient (Wildman–Crippen LogP) is 5.00. The number of hydrogen-bond acceptors (Lipinski definition) is 3. The highest BCUT2D eigenvalue weighted by Crippen LogP contribution is 2.27. The van der Waals surface area contributed by atoms with E-state index in [2.05, 4.69) is 15.5 Å². The van der Waals surface area contributed by atoms with Crippen LogP contribution in [0.1, 0.15) is 42.8 Å². The van der Waals surface area contributed by atoms with E-state index in [-0.39, 0.29) is 17.4 Å². The van der Waals surface area contributed by atoms with Crippen LogP contribution in [0.25, 0.3) is 0 Å². The first kappa shape index (κ1) is 21.8. The lowest BCUT2D eigenvalue weighted by Gasteiger charge is -2.14. The third kappa shape index (κ3) is 4.78. The monoisotopic (exact) mass is 447 g/mol. The Morgan fingerprint density at radius 2 is 1.87 bits per heavy atom. The second-order valence-electron chi connectivity index (χ2n) is 6.34. The van der Waals surface area contributed by atoms with Crippen molar-refractivity contribution in [1.29, 1.82) is 0 Å². The molecule has 1 atom stereocenters. The van der Waals surface area contributed by atoms with Crippen molar-refractivity contribution in [2.24, 2.45) is 0 Å². The van der Waals surface area contributed by atoms with Crippen molar-refractivity contribution >= 4 is 23.3 Å². The van der Waals surface area contributed by atoms with Gasteiger partial charge in [-0.15, -0.1) is 0 Å². The van der Waals surface area contributed by atoms with Gasteiger partial charge in [0.15, 0.2) is 5.82 Å². The lowest BCUT2D eigenvalue weighted by molar-refractivity contribution is -0.119. The van der Waals surface area contributed by atoms with Crippen LogP contribution in [0, 0.1) is 5.82 Å². The molecule has 0 aliphatic carbocycles. The maximum Gasteiger partial charge on any atom is 0.282 e. The molecule has 3 aromatic rings. The highest BCUT2D eigenvalue weighted by molar-refractivity contribution is 6.31. The number of benzene rings is 1. The lowest BCUT2D eigenvalue weighted by Crippen LogP contribution is -2.26. The van der Waals surface area contributed by atoms with E-state index in [1.165, 1.54) is 36.0 Å². The number of nitrogens with one attached hydrogen (secondary N) is 1. The largest absolute Gasteiger partial charge is 0.307 e. The first-order valence-electron chi connectivity index (χ1n) is 8.59. The van der Waals surface area contributed by atoms with E-state index < -0.39 is 42.0 Å². The summed E-state index contributed by atoms with van der Waals surface area (Å²) in [6, 6.07) is 4.61. The second-order valence-corrected chi connectivity index (χ2v) is 6.75. The van der Waals surface area contributed by atoms with Crippen molar-refractivity contribution in [2.75, 3.05) is 5.32 Å². The first-order chi connectivity index (χ1) is 14.2. The third-order valence-electron chi connectivity index (χ3n) is 4.22. The van der Waals surface area contributed by atoms with Gasteiger partial charge in [0.25, 0.3) is 12.9 Å². The normalized spacial score (nSPS) is 12.6. The Hall–Kier alpha value is -2.95. The number of carbonyl (C=O) groups is 1. The van der Waals surface area contributed by atoms with Gasteiger partial charge in [-0.25, -0.2) is 22.0 Å². The summed E-state index contributed by atoms with van der Waals surface area (Å²) in [6.45, 7) is 1.44. The van der Waals surface area contributed by atoms with E-state index >= 15 is 0 Å². The molecule has 2 aromatic heterocycles. The molecule has 6 nitrogen and oxygen atoms in total. The van der Waals surface area contributed by atoms with Crippen molar-refractivity contribution < 1.29 is 26.7 Å². The van der Waals surface area contributed by atoms with E-state index in [1.54, 1.807) is 0 Å². The van der Waals surface area contributed by atoms with Crippen molar-refractivity contribution in [2.45, 2.75) is 32.4 Å². The fourth-order valence-electron chi connectivity index (χ4n) is 2.69. The maximum atomic E-state index is 13.1. The van der Waals surface area contributed by atoms with Crippen LogP contribution < -0.4 is 5.32 Å². The molecule has 0 spiro atoms. The molecule has 0 fully saturated rings. The SMILES string of the molecule is CC(C(=O)Nc1ccn(Cc2ccc(F)cc2Cl)n1)n1nc(C(F)F)cc1C(F)F. The Morgan fingerprint density at radius 1 is 1.13 bits per heavy atom. The summed E-state index contributed by atoms with van der Waals surface area (Å²) in [5.41, 5.74) is -1.04. The van der Waals surface area contributed by atoms with E-state index in [0.29, 0.717) is 16.3 Å². The van der Waals surface area contributed by atoms with Crippen molar-refractivity contribution in [3.05, 3.63) is 64.3 Å². The lowest BCUT2D eigenvalue weighted by atomic mass is 10.2. The number of amides is 1. The summed E-state index contributed by atoms with van der Waals surface area (Å²) in [6.07, 6.45) is -4.61. The second kappa shape index (κ2) is 8.82. The molecule has 1 aromatic carbocycles. The minimum absolute atomic E-state index is 0.102. The van der Waals surface area contributed by atoms with Gasteiger partial charge in [0, 0.05) is 17.3 Å². The van der Waals surface area contributed by atoms with Crippen LogP contribution in [0.15, 0.2) is 36.5 Å². The molecule has 3 rings (SSSR count). The van der Waals surface area contributed by atoms with Crippen molar-refractivity contribution in [3.8, 4) is 0 Å². The molecule has 12 heteroatoms. The Morgan fingerprint density at radius 3 is 2.50 bits per heavy atom. The van der Waals surface area contributed by atoms with Gasteiger partial charge in [0.1, 0.15) is 23.2 Å². The predicted molar refractivity (Wildman–Crippen MR) is 98.2 cm³/mol. The first-order valence-corrected chi connectivity index (χ1v) is 8.97. The van der Waals surface area contributed by atoms with Gasteiger partial charge in [-0.3, -0.25) is 14.2 Å². The van der Waals surface area contributed by atoms with Gasteiger partial charge in [-0.05, 0) is 30.7 Å². The molecular formula is C18H15ClF5N5O. The zero-order valence-electron chi connectivity index (χ0n) is 15.4. The highest BCUT2D eigenvalue weighted by Gasteiger charge is 2.27. The van der Waals surface area contributed by atoms with E-state index in [4.69, 9.17) is 11.6 Å². The van der Waals surface area contributed by atoms with Crippen LogP contribution in [0.4, 0.5) is 27.8 Å². The number of halogens is 6. The standard InChI is InChI=1S/C18H15ClF5N5O/c1-9(29-14(17(23)24)7-13(26-29)16(21)22)18(30)25-15-4-5-28(27-15)8-10-2-3-11(20)6-12(10)19/h2-7,9,16-17H,8H2,1H3,(H,25,27,30). The van der Waals surface area contributed by atoms with Gasteiger partial charge in [0.05, 0.1) is 6.54 Å². The fraction of sp³-hybridized carbons (Fsp3) is 0.278. The Kier molecular flexibility index (Phi) is 6.40. The number of hydrogen-bond donors (Lipinski definition) is 1. The fourth-order valence-corrected chi connectivity index (χ4v) is 2.92. The number of nitrogens with zero attached hydrogens (tertiary/aromatic N) is 4. The highest BCUT2D eigenvalue weighted by atomic mass is 35.5. The molecule has 1 amide bonds. The van der Waals surface area contributed by atoms with Gasteiger partial charge in [-0.2, -0.15) is 10.2 Å². The topological polar surface area (TPSA) is 64.7 Å². The summed E-state index contributed by atoms with van der Waals surface area (Å²) in [5, 5.41) is 10.2. The summed E-state index contributed by atoms with van der Waals surface area (Å²) >= 11 is 5.97. The number of anilines is 1. The maximum absolute atomic E-state index is 13.1. The number of alkyl halides is 4. The molecule has 2 heterocycles. The van der Waals surface area contributed by atoms with E-state index in [9.17, 15) is 26.7 Å². The summed E-state index contributed by atoms with van der Waals surface area (Å²) in [5.74, 6) is -1.15. The Labute approximate surface area is 172 Å². The van der Waals surface area contributed by atoms with Crippen LogP contribution in [0.5, 0.6) is 0 Å². The summed E-state index contributed by atoms with van der Waals surface area (Å²) in [7, 11) is 0. The number of carbonyl (C=O) groups excluding carboxylic acids is 1. The van der Waals surface area contributed by atoms with Gasteiger partial charge in [-0.1, -0.05) is 17.7 Å². The van der Waals surface area contributed by atoms with E-state index in [0.717, 1.165) is 6.07 Å². The summed E-state index contributed by atoms with van der Waals surface area (Å²) in [4.78, 5) is 12.4. The Bertz CT molecular complexity index is 1050. The quantitative estimate of drug-likeness (QED) is 0.519. The van der Waals surface area contributed by atoms with Gasteiger partial charge < -0.3 is 5.32 Å². The number of aromatic nitrogens is 4. The average molecular weight is 448 g/mol. The van der Waals surface area contributed by atoms with Crippen LogP contribution >= 0.6 is 11.6 Å². The molecule has 1 unspecified atom stereocenters. The van der Waals surface area contributed by atoms with Crippen LogP contribution in [-0.2, 0) is 11.3 Å². The third-order valence-corrected chi connectivity index (χ3v) is 4.57. The van der Waals surface area contributed by atoms with E-state index in [1.807, 2.05) is 0 Å². The molecule has 0 saturated heterocycles. The molecular weight excluding hydrogens is 433 g/mol. The molecule has 0 radical (unpaired) electrons. The van der Waals surface area contributed by atoms with Crippen molar-refractivity contribution in [3.63, 3.8) is 0 Å². The average Bonchev–Trinajstić information content (AvgIpc) is 3.30. The molecule has 0 aliphatic rings. The van der Waals surface area contributed by atoms with Crippen LogP contribution in [0.3, 0.4) is 0 Å². The zero-order valence-corrected chi connectivity index (χ0v) is 16.1. The van der Waals surface area contributed by atoms with Gasteiger partial charge in [0.2, 0.25) is 5.91 Å². The Balaban J connectivity index is 1.72.